The van der Waals surface area contributed by atoms with Crippen molar-refractivity contribution in [2.24, 2.45) is 7.05 Å². The van der Waals surface area contributed by atoms with Crippen molar-refractivity contribution in [1.29, 1.82) is 0 Å². The molecule has 0 spiro atoms. The first-order chi connectivity index (χ1) is 9.22. The summed E-state index contributed by atoms with van der Waals surface area (Å²) in [5.74, 6) is 0.432. The van der Waals surface area contributed by atoms with Gasteiger partial charge in [0, 0.05) is 25.2 Å². The number of pyridine rings is 1. The van der Waals surface area contributed by atoms with Crippen molar-refractivity contribution < 1.29 is 9.53 Å². The molecule has 0 atom stereocenters. The number of carbonyl (C=O) groups is 1. The molecule has 2 heterocycles. The smallest absolute Gasteiger partial charge is 0.342 e. The van der Waals surface area contributed by atoms with Crippen LogP contribution in [0.5, 0.6) is 0 Å². The second-order valence-electron chi connectivity index (χ2n) is 3.85. The number of aryl methyl sites for hydroxylation is 1. The van der Waals surface area contributed by atoms with Crippen LogP contribution in [0.4, 0.5) is 0 Å². The fraction of sp³-hybridized carbons (Fsp3) is 0.308. The molecule has 2 rings (SSSR count). The van der Waals surface area contributed by atoms with E-state index < -0.39 is 0 Å². The molecular formula is C13H15N3O2S. The van der Waals surface area contributed by atoms with E-state index in [9.17, 15) is 4.79 Å². The number of nitrogens with zero attached hydrogens (tertiary/aromatic N) is 3. The summed E-state index contributed by atoms with van der Waals surface area (Å²) in [4.78, 5) is 15.8. The Balaban J connectivity index is 2.11. The number of carbonyl (C=O) groups excluding carboxylic acids is 1. The maximum atomic E-state index is 11.8. The normalized spacial score (nSPS) is 10.4. The molecule has 0 amide bonds. The Bertz CT molecular complexity index is 554. The van der Waals surface area contributed by atoms with Crippen molar-refractivity contribution in [3.8, 4) is 0 Å². The number of aromatic nitrogens is 3. The largest absolute Gasteiger partial charge is 0.462 e. The van der Waals surface area contributed by atoms with Crippen molar-refractivity contribution in [2.75, 3.05) is 6.61 Å². The average molecular weight is 277 g/mol. The molecule has 0 aliphatic heterocycles. The summed E-state index contributed by atoms with van der Waals surface area (Å²) < 4.78 is 6.71. The lowest BCUT2D eigenvalue weighted by Crippen LogP contribution is -2.05. The number of hydrogen-bond donors (Lipinski definition) is 0. The highest BCUT2D eigenvalue weighted by molar-refractivity contribution is 7.98. The zero-order valence-electron chi connectivity index (χ0n) is 10.9. The van der Waals surface area contributed by atoms with Gasteiger partial charge in [0.15, 0.2) is 0 Å². The molecule has 0 saturated carbocycles. The predicted octanol–water partition coefficient (Wildman–Crippen LogP) is 2.28. The van der Waals surface area contributed by atoms with E-state index in [2.05, 4.69) is 10.1 Å². The van der Waals surface area contributed by atoms with Gasteiger partial charge in [-0.05, 0) is 24.6 Å². The molecule has 0 radical (unpaired) electrons. The summed E-state index contributed by atoms with van der Waals surface area (Å²) in [6.07, 6.45) is 5.06. The molecule has 0 aliphatic carbocycles. The van der Waals surface area contributed by atoms with Gasteiger partial charge in [-0.3, -0.25) is 9.67 Å². The van der Waals surface area contributed by atoms with E-state index in [-0.39, 0.29) is 5.97 Å². The lowest BCUT2D eigenvalue weighted by molar-refractivity contribution is 0.0522. The Morgan fingerprint density at radius 2 is 2.16 bits per heavy atom. The van der Waals surface area contributed by atoms with Gasteiger partial charge in [0.05, 0.1) is 12.8 Å². The summed E-state index contributed by atoms with van der Waals surface area (Å²) in [7, 11) is 1.82. The second-order valence-corrected chi connectivity index (χ2v) is 4.82. The van der Waals surface area contributed by atoms with Crippen LogP contribution in [0.3, 0.4) is 0 Å². The maximum absolute atomic E-state index is 11.8. The zero-order chi connectivity index (χ0) is 13.7. The van der Waals surface area contributed by atoms with Gasteiger partial charge in [-0.25, -0.2) is 4.79 Å². The molecule has 0 bridgehead atoms. The Kier molecular flexibility index (Phi) is 4.57. The first-order valence-corrected chi connectivity index (χ1v) is 6.91. The molecule has 100 valence electrons. The highest BCUT2D eigenvalue weighted by atomic mass is 32.2. The van der Waals surface area contributed by atoms with Crippen LogP contribution in [0.25, 0.3) is 0 Å². The fourth-order valence-electron chi connectivity index (χ4n) is 1.58. The summed E-state index contributed by atoms with van der Waals surface area (Å²) in [6, 6.07) is 3.90. The quantitative estimate of drug-likeness (QED) is 0.620. The lowest BCUT2D eigenvalue weighted by atomic mass is 10.3. The van der Waals surface area contributed by atoms with Gasteiger partial charge >= 0.3 is 5.97 Å². The number of rotatable bonds is 5. The Morgan fingerprint density at radius 1 is 1.42 bits per heavy atom. The molecule has 5 nitrogen and oxygen atoms in total. The monoisotopic (exact) mass is 277 g/mol. The SMILES string of the molecule is CCOC(=O)c1cnn(C)c1SCc1ccncc1. The van der Waals surface area contributed by atoms with Crippen molar-refractivity contribution in [2.45, 2.75) is 17.7 Å². The highest BCUT2D eigenvalue weighted by Gasteiger charge is 2.17. The summed E-state index contributed by atoms with van der Waals surface area (Å²) >= 11 is 1.56. The Morgan fingerprint density at radius 3 is 2.84 bits per heavy atom. The first-order valence-electron chi connectivity index (χ1n) is 5.93. The van der Waals surface area contributed by atoms with E-state index in [1.807, 2.05) is 19.2 Å². The molecule has 6 heteroatoms. The number of ether oxygens (including phenoxy) is 1. The molecule has 0 unspecified atom stereocenters. The second kappa shape index (κ2) is 6.38. The average Bonchev–Trinajstić information content (AvgIpc) is 2.79. The minimum absolute atomic E-state index is 0.326. The fourth-order valence-corrected chi connectivity index (χ4v) is 2.60. The molecule has 2 aromatic heterocycles. The minimum atomic E-state index is -0.326. The van der Waals surface area contributed by atoms with E-state index in [1.165, 1.54) is 0 Å². The van der Waals surface area contributed by atoms with Crippen LogP contribution >= 0.6 is 11.8 Å². The third kappa shape index (κ3) is 3.35. The topological polar surface area (TPSA) is 57.0 Å². The van der Waals surface area contributed by atoms with Crippen LogP contribution < -0.4 is 0 Å². The third-order valence-corrected chi connectivity index (χ3v) is 3.74. The van der Waals surface area contributed by atoms with Crippen molar-refractivity contribution in [1.82, 2.24) is 14.8 Å². The zero-order valence-corrected chi connectivity index (χ0v) is 11.7. The van der Waals surface area contributed by atoms with E-state index in [1.54, 1.807) is 42.0 Å². The van der Waals surface area contributed by atoms with Crippen LogP contribution in [-0.4, -0.2) is 27.3 Å². The third-order valence-electron chi connectivity index (χ3n) is 2.50. The predicted molar refractivity (Wildman–Crippen MR) is 73.0 cm³/mol. The van der Waals surface area contributed by atoms with Crippen molar-refractivity contribution in [3.05, 3.63) is 41.9 Å². The molecule has 2 aromatic rings. The van der Waals surface area contributed by atoms with Gasteiger partial charge in [-0.15, -0.1) is 11.8 Å². The Hall–Kier alpha value is -1.82. The van der Waals surface area contributed by atoms with E-state index in [4.69, 9.17) is 4.74 Å². The van der Waals surface area contributed by atoms with Gasteiger partial charge in [0.25, 0.3) is 0 Å². The first kappa shape index (κ1) is 13.6. The lowest BCUT2D eigenvalue weighted by Gasteiger charge is -2.05. The summed E-state index contributed by atoms with van der Waals surface area (Å²) in [5.41, 5.74) is 1.67. The molecular weight excluding hydrogens is 262 g/mol. The van der Waals surface area contributed by atoms with Gasteiger partial charge < -0.3 is 4.74 Å². The van der Waals surface area contributed by atoms with Gasteiger partial charge in [-0.1, -0.05) is 0 Å². The molecule has 0 aliphatic rings. The van der Waals surface area contributed by atoms with Crippen LogP contribution in [0.15, 0.2) is 35.7 Å². The van der Waals surface area contributed by atoms with Crippen LogP contribution in [0, 0.1) is 0 Å². The van der Waals surface area contributed by atoms with E-state index in [0.717, 1.165) is 16.3 Å². The molecule has 0 aromatic carbocycles. The summed E-state index contributed by atoms with van der Waals surface area (Å²) in [6.45, 7) is 2.15. The van der Waals surface area contributed by atoms with Gasteiger partial charge in [0.2, 0.25) is 0 Å². The number of esters is 1. The van der Waals surface area contributed by atoms with Crippen molar-refractivity contribution >= 4 is 17.7 Å². The van der Waals surface area contributed by atoms with Crippen molar-refractivity contribution in [3.63, 3.8) is 0 Å². The van der Waals surface area contributed by atoms with Crippen LogP contribution in [-0.2, 0) is 17.5 Å². The Labute approximate surface area is 116 Å². The number of hydrogen-bond acceptors (Lipinski definition) is 5. The van der Waals surface area contributed by atoms with Gasteiger partial charge in [0.1, 0.15) is 10.6 Å². The molecule has 19 heavy (non-hydrogen) atoms. The van der Waals surface area contributed by atoms with Crippen LogP contribution in [0.2, 0.25) is 0 Å². The standard InChI is InChI=1S/C13H15N3O2S/c1-3-18-13(17)11-8-15-16(2)12(11)19-9-10-4-6-14-7-5-10/h4-8H,3,9H2,1-2H3. The summed E-state index contributed by atoms with van der Waals surface area (Å²) in [5, 5.41) is 4.93. The number of thioether (sulfide) groups is 1. The molecule has 0 saturated heterocycles. The molecule has 0 N–H and O–H groups in total. The highest BCUT2D eigenvalue weighted by Crippen LogP contribution is 2.26. The minimum Gasteiger partial charge on any atom is -0.462 e. The molecule has 0 fully saturated rings. The van der Waals surface area contributed by atoms with Crippen LogP contribution in [0.1, 0.15) is 22.8 Å². The van der Waals surface area contributed by atoms with Gasteiger partial charge in [-0.2, -0.15) is 5.10 Å². The maximum Gasteiger partial charge on any atom is 0.342 e. The van der Waals surface area contributed by atoms with E-state index in [0.29, 0.717) is 12.2 Å². The van der Waals surface area contributed by atoms with E-state index >= 15 is 0 Å².